The third-order valence-electron chi connectivity index (χ3n) is 2.69. The molecule has 2 N–H and O–H groups in total. The number of benzene rings is 1. The predicted octanol–water partition coefficient (Wildman–Crippen LogP) is 4.04. The molecule has 1 rings (SSSR count). The Morgan fingerprint density at radius 3 is 2.74 bits per heavy atom. The van der Waals surface area contributed by atoms with Crippen LogP contribution >= 0.6 is 23.8 Å². The summed E-state index contributed by atoms with van der Waals surface area (Å²) < 4.78 is 0. The molecule has 19 heavy (non-hydrogen) atoms. The van der Waals surface area contributed by atoms with Crippen LogP contribution in [0.3, 0.4) is 0 Å². The van der Waals surface area contributed by atoms with Crippen LogP contribution in [0, 0.1) is 6.92 Å². The van der Waals surface area contributed by atoms with Gasteiger partial charge in [0, 0.05) is 17.1 Å². The van der Waals surface area contributed by atoms with E-state index in [2.05, 4.69) is 17.6 Å². The molecular weight excluding hydrogens is 280 g/mol. The molecule has 0 saturated carbocycles. The zero-order valence-electron chi connectivity index (χ0n) is 11.3. The molecule has 1 aromatic rings. The van der Waals surface area contributed by atoms with Gasteiger partial charge in [-0.3, -0.25) is 4.79 Å². The lowest BCUT2D eigenvalue weighted by Crippen LogP contribution is -2.33. The van der Waals surface area contributed by atoms with Crippen molar-refractivity contribution in [2.75, 3.05) is 5.32 Å². The van der Waals surface area contributed by atoms with Gasteiger partial charge in [0.05, 0.1) is 0 Å². The van der Waals surface area contributed by atoms with Crippen LogP contribution in [0.15, 0.2) is 18.2 Å². The maximum atomic E-state index is 11.6. The average molecular weight is 299 g/mol. The van der Waals surface area contributed by atoms with Crippen LogP contribution in [0.5, 0.6) is 0 Å². The predicted molar refractivity (Wildman–Crippen MR) is 84.7 cm³/mol. The lowest BCUT2D eigenvalue weighted by Gasteiger charge is -2.10. The first kappa shape index (κ1) is 15.9. The van der Waals surface area contributed by atoms with Gasteiger partial charge >= 0.3 is 0 Å². The quantitative estimate of drug-likeness (QED) is 0.637. The summed E-state index contributed by atoms with van der Waals surface area (Å²) >= 11 is 11.1. The number of amides is 1. The van der Waals surface area contributed by atoms with Crippen molar-refractivity contribution in [1.82, 2.24) is 5.32 Å². The second kappa shape index (κ2) is 8.12. The summed E-state index contributed by atoms with van der Waals surface area (Å²) in [5.74, 6) is -0.0517. The van der Waals surface area contributed by atoms with Crippen LogP contribution < -0.4 is 10.6 Å². The third-order valence-corrected chi connectivity index (χ3v) is 3.30. The van der Waals surface area contributed by atoms with Crippen molar-refractivity contribution < 1.29 is 4.79 Å². The van der Waals surface area contributed by atoms with Crippen LogP contribution in [0.4, 0.5) is 5.69 Å². The minimum Gasteiger partial charge on any atom is -0.332 e. The minimum absolute atomic E-state index is 0.0517. The number of hydrogen-bond donors (Lipinski definition) is 2. The molecular formula is C14H19ClN2OS. The zero-order valence-corrected chi connectivity index (χ0v) is 12.8. The Labute approximate surface area is 124 Å². The molecule has 0 radical (unpaired) electrons. The van der Waals surface area contributed by atoms with E-state index in [4.69, 9.17) is 23.8 Å². The number of anilines is 1. The summed E-state index contributed by atoms with van der Waals surface area (Å²) in [7, 11) is 0. The summed E-state index contributed by atoms with van der Waals surface area (Å²) in [6.45, 7) is 4.03. The van der Waals surface area contributed by atoms with Crippen molar-refractivity contribution in [3.63, 3.8) is 0 Å². The Morgan fingerprint density at radius 2 is 2.11 bits per heavy atom. The highest BCUT2D eigenvalue weighted by molar-refractivity contribution is 7.80. The summed E-state index contributed by atoms with van der Waals surface area (Å²) in [6.07, 6.45) is 3.55. The molecule has 0 aromatic heterocycles. The number of thiocarbonyl (C=S) groups is 1. The van der Waals surface area contributed by atoms with E-state index in [0.29, 0.717) is 16.6 Å². The van der Waals surface area contributed by atoms with E-state index in [0.717, 1.165) is 30.5 Å². The summed E-state index contributed by atoms with van der Waals surface area (Å²) in [5, 5.41) is 6.58. The molecule has 0 atom stereocenters. The highest BCUT2D eigenvalue weighted by Gasteiger charge is 2.05. The third kappa shape index (κ3) is 6.03. The number of unbranched alkanes of at least 4 members (excludes halogenated alkanes) is 2. The number of carbonyl (C=O) groups is 1. The normalized spacial score (nSPS) is 10.1. The lowest BCUT2D eigenvalue weighted by molar-refractivity contribution is -0.119. The molecule has 0 saturated heterocycles. The van der Waals surface area contributed by atoms with E-state index in [1.54, 1.807) is 6.07 Å². The fraction of sp³-hybridized carbons (Fsp3) is 0.429. The Kier molecular flexibility index (Phi) is 6.81. The van der Waals surface area contributed by atoms with Gasteiger partial charge in [0.15, 0.2) is 5.11 Å². The fourth-order valence-corrected chi connectivity index (χ4v) is 1.97. The number of hydrogen-bond acceptors (Lipinski definition) is 2. The smallest absolute Gasteiger partial charge is 0.226 e. The van der Waals surface area contributed by atoms with Gasteiger partial charge in [-0.15, -0.1) is 0 Å². The van der Waals surface area contributed by atoms with E-state index in [1.807, 2.05) is 19.1 Å². The van der Waals surface area contributed by atoms with Crippen LogP contribution in [0.1, 0.15) is 38.2 Å². The molecule has 0 bridgehead atoms. The highest BCUT2D eigenvalue weighted by atomic mass is 35.5. The van der Waals surface area contributed by atoms with E-state index < -0.39 is 0 Å². The fourth-order valence-electron chi connectivity index (χ4n) is 1.56. The van der Waals surface area contributed by atoms with Crippen molar-refractivity contribution in [3.8, 4) is 0 Å². The van der Waals surface area contributed by atoms with Crippen LogP contribution in [0.2, 0.25) is 5.02 Å². The van der Waals surface area contributed by atoms with Gasteiger partial charge < -0.3 is 10.6 Å². The average Bonchev–Trinajstić information content (AvgIpc) is 2.34. The number of nitrogens with one attached hydrogen (secondary N) is 2. The molecule has 0 unspecified atom stereocenters. The SMILES string of the molecule is CCCCCC(=O)NC(=S)Nc1ccc(C)c(Cl)c1. The molecule has 0 aliphatic rings. The largest absolute Gasteiger partial charge is 0.332 e. The van der Waals surface area contributed by atoms with Gasteiger partial charge in [-0.05, 0) is 43.3 Å². The van der Waals surface area contributed by atoms with Crippen molar-refractivity contribution in [1.29, 1.82) is 0 Å². The Hall–Kier alpha value is -1.13. The maximum Gasteiger partial charge on any atom is 0.226 e. The standard InChI is InChI=1S/C14H19ClN2OS/c1-3-4-5-6-13(18)17-14(19)16-11-8-7-10(2)12(15)9-11/h7-9H,3-6H2,1-2H3,(H2,16,17,18,19). The number of halogens is 1. The number of rotatable bonds is 5. The second-order valence-electron chi connectivity index (χ2n) is 4.42. The first-order valence-electron chi connectivity index (χ1n) is 6.40. The van der Waals surface area contributed by atoms with Crippen molar-refractivity contribution >= 4 is 40.5 Å². The first-order chi connectivity index (χ1) is 9.02. The summed E-state index contributed by atoms with van der Waals surface area (Å²) in [5.41, 5.74) is 1.77. The lowest BCUT2D eigenvalue weighted by atomic mass is 10.2. The Bertz CT molecular complexity index is 463. The molecule has 5 heteroatoms. The van der Waals surface area contributed by atoms with E-state index >= 15 is 0 Å². The van der Waals surface area contributed by atoms with Crippen molar-refractivity contribution in [2.45, 2.75) is 39.5 Å². The highest BCUT2D eigenvalue weighted by Crippen LogP contribution is 2.19. The molecule has 0 fully saturated rings. The molecule has 0 heterocycles. The summed E-state index contributed by atoms with van der Waals surface area (Å²) in [4.78, 5) is 11.6. The van der Waals surface area contributed by atoms with Crippen LogP contribution in [0.25, 0.3) is 0 Å². The Balaban J connectivity index is 2.42. The maximum absolute atomic E-state index is 11.6. The van der Waals surface area contributed by atoms with Crippen LogP contribution in [-0.2, 0) is 4.79 Å². The summed E-state index contributed by atoms with van der Waals surface area (Å²) in [6, 6.07) is 5.56. The van der Waals surface area contributed by atoms with Gasteiger partial charge in [0.1, 0.15) is 0 Å². The molecule has 0 spiro atoms. The molecule has 104 valence electrons. The van der Waals surface area contributed by atoms with E-state index in [-0.39, 0.29) is 5.91 Å². The van der Waals surface area contributed by atoms with Crippen molar-refractivity contribution in [2.24, 2.45) is 0 Å². The monoisotopic (exact) mass is 298 g/mol. The van der Waals surface area contributed by atoms with Gasteiger partial charge in [0.25, 0.3) is 0 Å². The van der Waals surface area contributed by atoms with Crippen LogP contribution in [-0.4, -0.2) is 11.0 Å². The second-order valence-corrected chi connectivity index (χ2v) is 5.24. The molecule has 0 aliphatic carbocycles. The molecule has 1 aromatic carbocycles. The topological polar surface area (TPSA) is 41.1 Å². The first-order valence-corrected chi connectivity index (χ1v) is 7.18. The van der Waals surface area contributed by atoms with Gasteiger partial charge in [-0.25, -0.2) is 0 Å². The van der Waals surface area contributed by atoms with Crippen molar-refractivity contribution in [3.05, 3.63) is 28.8 Å². The van der Waals surface area contributed by atoms with Gasteiger partial charge in [0.2, 0.25) is 5.91 Å². The zero-order chi connectivity index (χ0) is 14.3. The minimum atomic E-state index is -0.0517. The molecule has 1 amide bonds. The molecule has 0 aliphatic heterocycles. The van der Waals surface area contributed by atoms with Gasteiger partial charge in [-0.2, -0.15) is 0 Å². The Morgan fingerprint density at radius 1 is 1.37 bits per heavy atom. The van der Waals surface area contributed by atoms with E-state index in [1.165, 1.54) is 0 Å². The number of carbonyl (C=O) groups excluding carboxylic acids is 1. The molecule has 3 nitrogen and oxygen atoms in total. The van der Waals surface area contributed by atoms with E-state index in [9.17, 15) is 4.79 Å². The van der Waals surface area contributed by atoms with Gasteiger partial charge in [-0.1, -0.05) is 37.4 Å². The number of aryl methyl sites for hydroxylation is 1.